The van der Waals surface area contributed by atoms with E-state index in [9.17, 15) is 9.59 Å². The smallest absolute Gasteiger partial charge is 0.416 e. The van der Waals surface area contributed by atoms with Crippen LogP contribution in [0.5, 0.6) is 0 Å². The van der Waals surface area contributed by atoms with E-state index >= 15 is 0 Å². The summed E-state index contributed by atoms with van der Waals surface area (Å²) in [5.74, 6) is 0.154. The van der Waals surface area contributed by atoms with Gasteiger partial charge in [-0.05, 0) is 45.7 Å². The van der Waals surface area contributed by atoms with Gasteiger partial charge in [-0.2, -0.15) is 0 Å². The Kier molecular flexibility index (Phi) is 4.16. The molecule has 6 heteroatoms. The van der Waals surface area contributed by atoms with E-state index in [1.54, 1.807) is 13.0 Å². The fourth-order valence-electron chi connectivity index (χ4n) is 2.09. The molecule has 0 spiro atoms. The Bertz CT molecular complexity index is 563. The maximum absolute atomic E-state index is 12.1. The zero-order valence-electron chi connectivity index (χ0n) is 12.8. The van der Waals surface area contributed by atoms with E-state index in [0.29, 0.717) is 31.0 Å². The minimum Gasteiger partial charge on any atom is -0.462 e. The summed E-state index contributed by atoms with van der Waals surface area (Å²) in [6, 6.07) is 1.73. The average Bonchev–Trinajstić information content (AvgIpc) is 2.79. The van der Waals surface area contributed by atoms with Crippen LogP contribution in [0.2, 0.25) is 0 Å². The minimum atomic E-state index is -0.551. The zero-order chi connectivity index (χ0) is 15.6. The van der Waals surface area contributed by atoms with E-state index in [-0.39, 0.29) is 0 Å². The first-order chi connectivity index (χ1) is 9.81. The number of ether oxygens (including phenoxy) is 2. The normalized spacial score (nSPS) is 13.8. The van der Waals surface area contributed by atoms with Gasteiger partial charge < -0.3 is 9.47 Å². The molecule has 2 heterocycles. The second kappa shape index (κ2) is 5.71. The van der Waals surface area contributed by atoms with Gasteiger partial charge in [0, 0.05) is 12.7 Å². The van der Waals surface area contributed by atoms with E-state index in [1.807, 2.05) is 20.8 Å². The van der Waals surface area contributed by atoms with Gasteiger partial charge in [0.25, 0.3) is 0 Å². The van der Waals surface area contributed by atoms with Gasteiger partial charge in [-0.15, -0.1) is 0 Å². The third kappa shape index (κ3) is 3.51. The number of fused-ring (bicyclic) bond motifs is 1. The number of amides is 1. The molecule has 1 aliphatic heterocycles. The molecule has 1 amide bonds. The molecule has 0 fully saturated rings. The van der Waals surface area contributed by atoms with Crippen LogP contribution in [-0.2, 0) is 15.9 Å². The highest BCUT2D eigenvalue weighted by Crippen LogP contribution is 2.28. The molecule has 0 bridgehead atoms. The number of esters is 1. The van der Waals surface area contributed by atoms with Crippen LogP contribution < -0.4 is 4.90 Å². The highest BCUT2D eigenvalue weighted by molar-refractivity contribution is 5.92. The monoisotopic (exact) mass is 292 g/mol. The second-order valence-corrected chi connectivity index (χ2v) is 5.81. The van der Waals surface area contributed by atoms with Crippen molar-refractivity contribution in [2.24, 2.45) is 0 Å². The van der Waals surface area contributed by atoms with Crippen LogP contribution in [0.15, 0.2) is 12.3 Å². The van der Waals surface area contributed by atoms with Crippen molar-refractivity contribution in [3.63, 3.8) is 0 Å². The predicted molar refractivity (Wildman–Crippen MR) is 77.5 cm³/mol. The highest BCUT2D eigenvalue weighted by Gasteiger charge is 2.30. The summed E-state index contributed by atoms with van der Waals surface area (Å²) < 4.78 is 10.3. The number of hydrogen-bond donors (Lipinski definition) is 0. The third-order valence-electron chi connectivity index (χ3n) is 2.93. The average molecular weight is 292 g/mol. The number of hydrogen-bond acceptors (Lipinski definition) is 5. The maximum Gasteiger partial charge on any atom is 0.416 e. The van der Waals surface area contributed by atoms with Crippen LogP contribution in [0.3, 0.4) is 0 Å². The first kappa shape index (κ1) is 15.3. The number of carbonyl (C=O) groups is 2. The van der Waals surface area contributed by atoms with Crippen molar-refractivity contribution in [1.29, 1.82) is 0 Å². The molecule has 114 valence electrons. The maximum atomic E-state index is 12.1. The van der Waals surface area contributed by atoms with Crippen molar-refractivity contribution in [2.75, 3.05) is 18.1 Å². The summed E-state index contributed by atoms with van der Waals surface area (Å²) in [6.07, 6.45) is 1.66. The summed E-state index contributed by atoms with van der Waals surface area (Å²) in [4.78, 5) is 29.5. The number of nitrogens with zero attached hydrogens (tertiary/aromatic N) is 2. The molecule has 0 saturated carbocycles. The molecule has 1 aromatic rings. The Morgan fingerprint density at radius 1 is 1.38 bits per heavy atom. The van der Waals surface area contributed by atoms with Crippen molar-refractivity contribution in [2.45, 2.75) is 39.7 Å². The molecule has 1 aliphatic rings. The van der Waals surface area contributed by atoms with Crippen LogP contribution in [0.25, 0.3) is 0 Å². The van der Waals surface area contributed by atoms with E-state index in [1.165, 1.54) is 11.1 Å². The van der Waals surface area contributed by atoms with Gasteiger partial charge in [-0.1, -0.05) is 0 Å². The van der Waals surface area contributed by atoms with Gasteiger partial charge in [0.15, 0.2) is 0 Å². The lowest BCUT2D eigenvalue weighted by molar-refractivity contribution is 0.0524. The van der Waals surface area contributed by atoms with E-state index in [4.69, 9.17) is 9.47 Å². The lowest BCUT2D eigenvalue weighted by Crippen LogP contribution is -2.36. The molecule has 0 aliphatic carbocycles. The molecule has 21 heavy (non-hydrogen) atoms. The van der Waals surface area contributed by atoms with E-state index in [0.717, 1.165) is 5.56 Å². The number of rotatable bonds is 2. The molecule has 6 nitrogen and oxygen atoms in total. The van der Waals surface area contributed by atoms with Crippen molar-refractivity contribution in [3.8, 4) is 0 Å². The second-order valence-electron chi connectivity index (χ2n) is 5.81. The molecule has 0 N–H and O–H groups in total. The van der Waals surface area contributed by atoms with Gasteiger partial charge >= 0.3 is 12.1 Å². The number of aromatic nitrogens is 1. The molecule has 0 unspecified atom stereocenters. The van der Waals surface area contributed by atoms with Gasteiger partial charge in [-0.25, -0.2) is 14.6 Å². The summed E-state index contributed by atoms with van der Waals surface area (Å²) in [5.41, 5.74) is 0.707. The minimum absolute atomic E-state index is 0.319. The van der Waals surface area contributed by atoms with E-state index in [2.05, 4.69) is 4.98 Å². The van der Waals surface area contributed by atoms with Crippen LogP contribution in [-0.4, -0.2) is 35.8 Å². The molecule has 0 atom stereocenters. The molecular formula is C15H20N2O4. The van der Waals surface area contributed by atoms with Crippen LogP contribution in [0, 0.1) is 0 Å². The summed E-state index contributed by atoms with van der Waals surface area (Å²) in [7, 11) is 0. The number of anilines is 1. The Hall–Kier alpha value is -2.11. The summed E-state index contributed by atoms with van der Waals surface area (Å²) in [5, 5.41) is 0. The first-order valence-corrected chi connectivity index (χ1v) is 6.98. The fourth-order valence-corrected chi connectivity index (χ4v) is 2.09. The number of pyridine rings is 1. The van der Waals surface area contributed by atoms with Gasteiger partial charge in [0.05, 0.1) is 12.2 Å². The van der Waals surface area contributed by atoms with Crippen molar-refractivity contribution < 1.29 is 19.1 Å². The SMILES string of the molecule is CCOC(=O)c1cnc2c(c1)CCN2C(=O)OC(C)(C)C. The first-order valence-electron chi connectivity index (χ1n) is 6.98. The standard InChI is InChI=1S/C15H20N2O4/c1-5-20-13(18)11-8-10-6-7-17(12(10)16-9-11)14(19)21-15(2,3)4/h8-9H,5-7H2,1-4H3. The Morgan fingerprint density at radius 3 is 2.71 bits per heavy atom. The lowest BCUT2D eigenvalue weighted by Gasteiger charge is -2.24. The quantitative estimate of drug-likeness (QED) is 0.784. The lowest BCUT2D eigenvalue weighted by atomic mass is 10.2. The van der Waals surface area contributed by atoms with Crippen molar-refractivity contribution in [3.05, 3.63) is 23.4 Å². The highest BCUT2D eigenvalue weighted by atomic mass is 16.6. The van der Waals surface area contributed by atoms with Gasteiger partial charge in [0.2, 0.25) is 0 Å². The van der Waals surface area contributed by atoms with Crippen LogP contribution in [0.1, 0.15) is 43.6 Å². The summed E-state index contributed by atoms with van der Waals surface area (Å²) >= 11 is 0. The Morgan fingerprint density at radius 2 is 2.10 bits per heavy atom. The summed E-state index contributed by atoms with van der Waals surface area (Å²) in [6.45, 7) is 8.03. The Balaban J connectivity index is 2.18. The molecule has 1 aromatic heterocycles. The predicted octanol–water partition coefficient (Wildman–Crippen LogP) is 2.56. The van der Waals surface area contributed by atoms with Crippen molar-refractivity contribution in [1.82, 2.24) is 4.98 Å². The molecular weight excluding hydrogens is 272 g/mol. The molecule has 0 aromatic carbocycles. The fraction of sp³-hybridized carbons (Fsp3) is 0.533. The number of carbonyl (C=O) groups excluding carboxylic acids is 2. The Labute approximate surface area is 124 Å². The topological polar surface area (TPSA) is 68.7 Å². The molecule has 2 rings (SSSR count). The molecule has 0 saturated heterocycles. The molecule has 0 radical (unpaired) electrons. The van der Waals surface area contributed by atoms with Crippen molar-refractivity contribution >= 4 is 17.9 Å². The largest absolute Gasteiger partial charge is 0.462 e. The van der Waals surface area contributed by atoms with Crippen LogP contribution in [0.4, 0.5) is 10.6 Å². The van der Waals surface area contributed by atoms with Gasteiger partial charge in [0.1, 0.15) is 11.4 Å². The van der Waals surface area contributed by atoms with E-state index < -0.39 is 17.7 Å². The van der Waals surface area contributed by atoms with Crippen LogP contribution >= 0.6 is 0 Å². The van der Waals surface area contributed by atoms with Gasteiger partial charge in [-0.3, -0.25) is 4.90 Å². The zero-order valence-corrected chi connectivity index (χ0v) is 12.8. The third-order valence-corrected chi connectivity index (χ3v) is 2.93.